The van der Waals surface area contributed by atoms with Gasteiger partial charge >= 0.3 is 0 Å². The molecule has 1 aromatic carbocycles. The molecule has 1 amide bonds. The second-order valence-corrected chi connectivity index (χ2v) is 5.13. The zero-order chi connectivity index (χ0) is 13.8. The van der Waals surface area contributed by atoms with Gasteiger partial charge in [-0.1, -0.05) is 18.2 Å². The number of carbonyl (C=O) groups is 1. The maximum Gasteiger partial charge on any atom is 0.270 e. The van der Waals surface area contributed by atoms with Crippen LogP contribution in [0.1, 0.15) is 29.0 Å². The fraction of sp³-hybridized carbons (Fsp3) is 0.286. The van der Waals surface area contributed by atoms with Gasteiger partial charge in [0, 0.05) is 18.1 Å². The zero-order valence-corrected chi connectivity index (χ0v) is 12.1. The largest absolute Gasteiger partial charge is 0.344 e. The predicted octanol–water partition coefficient (Wildman–Crippen LogP) is 2.63. The van der Waals surface area contributed by atoms with Crippen molar-refractivity contribution in [3.8, 4) is 0 Å². The van der Waals surface area contributed by atoms with E-state index in [-0.39, 0.29) is 11.9 Å². The molecule has 100 valence electrons. The third-order valence-corrected chi connectivity index (χ3v) is 3.82. The van der Waals surface area contributed by atoms with Crippen molar-refractivity contribution >= 4 is 17.7 Å². The van der Waals surface area contributed by atoms with Crippen molar-refractivity contribution in [1.29, 1.82) is 0 Å². The van der Waals surface area contributed by atoms with Gasteiger partial charge in [-0.3, -0.25) is 9.48 Å². The number of hydrogen-bond acceptors (Lipinski definition) is 3. The maximum absolute atomic E-state index is 12.1. The summed E-state index contributed by atoms with van der Waals surface area (Å²) < 4.78 is 1.57. The van der Waals surface area contributed by atoms with Gasteiger partial charge in [-0.15, -0.1) is 11.8 Å². The molecule has 2 aromatic rings. The van der Waals surface area contributed by atoms with Crippen LogP contribution in [0.5, 0.6) is 0 Å². The third kappa shape index (κ3) is 2.98. The number of rotatable bonds is 4. The molecular weight excluding hydrogens is 258 g/mol. The molecule has 0 aliphatic carbocycles. The number of amides is 1. The number of benzene rings is 1. The topological polar surface area (TPSA) is 46.9 Å². The summed E-state index contributed by atoms with van der Waals surface area (Å²) in [7, 11) is 1.76. The van der Waals surface area contributed by atoms with Gasteiger partial charge in [-0.05, 0) is 30.9 Å². The van der Waals surface area contributed by atoms with Gasteiger partial charge < -0.3 is 5.32 Å². The minimum atomic E-state index is -0.108. The minimum Gasteiger partial charge on any atom is -0.344 e. The van der Waals surface area contributed by atoms with E-state index in [0.717, 1.165) is 5.56 Å². The lowest BCUT2D eigenvalue weighted by Gasteiger charge is -2.17. The SMILES string of the molecule is CSc1ccccc1[C@H](C)NC(=O)c1ccnn1C. The fourth-order valence-corrected chi connectivity index (χ4v) is 2.66. The van der Waals surface area contributed by atoms with Gasteiger partial charge in [0.1, 0.15) is 5.69 Å². The first-order valence-corrected chi connectivity index (χ1v) is 7.27. The van der Waals surface area contributed by atoms with Crippen LogP contribution in [0, 0.1) is 0 Å². The average Bonchev–Trinajstić information content (AvgIpc) is 2.85. The van der Waals surface area contributed by atoms with Crippen molar-refractivity contribution in [2.75, 3.05) is 6.26 Å². The van der Waals surface area contributed by atoms with Crippen LogP contribution in [-0.2, 0) is 7.05 Å². The second kappa shape index (κ2) is 5.93. The molecule has 0 aliphatic heterocycles. The summed E-state index contributed by atoms with van der Waals surface area (Å²) in [5, 5.41) is 7.00. The number of thioether (sulfide) groups is 1. The fourth-order valence-electron chi connectivity index (χ4n) is 1.97. The lowest BCUT2D eigenvalue weighted by Crippen LogP contribution is -2.28. The number of aromatic nitrogens is 2. The van der Waals surface area contributed by atoms with Crippen molar-refractivity contribution in [3.63, 3.8) is 0 Å². The first-order chi connectivity index (χ1) is 9.13. The number of hydrogen-bond donors (Lipinski definition) is 1. The van der Waals surface area contributed by atoms with Crippen LogP contribution in [0.4, 0.5) is 0 Å². The minimum absolute atomic E-state index is 0.0361. The normalized spacial score (nSPS) is 12.2. The van der Waals surface area contributed by atoms with Crippen LogP contribution in [0.25, 0.3) is 0 Å². The molecule has 2 rings (SSSR count). The smallest absolute Gasteiger partial charge is 0.270 e. The molecule has 0 fully saturated rings. The Kier molecular flexibility index (Phi) is 4.27. The summed E-state index contributed by atoms with van der Waals surface area (Å²) >= 11 is 1.68. The predicted molar refractivity (Wildman–Crippen MR) is 77.3 cm³/mol. The Labute approximate surface area is 117 Å². The molecule has 0 unspecified atom stereocenters. The van der Waals surface area contributed by atoms with E-state index < -0.39 is 0 Å². The van der Waals surface area contributed by atoms with Gasteiger partial charge in [-0.25, -0.2) is 0 Å². The summed E-state index contributed by atoms with van der Waals surface area (Å²) in [4.78, 5) is 13.3. The van der Waals surface area contributed by atoms with Crippen LogP contribution in [0.15, 0.2) is 41.4 Å². The molecule has 0 spiro atoms. The molecule has 0 aliphatic rings. The highest BCUT2D eigenvalue weighted by atomic mass is 32.2. The van der Waals surface area contributed by atoms with E-state index in [1.54, 1.807) is 35.8 Å². The molecule has 1 aromatic heterocycles. The molecule has 19 heavy (non-hydrogen) atoms. The summed E-state index contributed by atoms with van der Waals surface area (Å²) in [6, 6.07) is 9.77. The van der Waals surface area contributed by atoms with Gasteiger partial charge in [0.15, 0.2) is 0 Å². The number of aryl methyl sites for hydroxylation is 1. The van der Waals surface area contributed by atoms with Gasteiger partial charge in [0.2, 0.25) is 0 Å². The Bertz CT molecular complexity index is 580. The Hall–Kier alpha value is -1.75. The van der Waals surface area contributed by atoms with Crippen molar-refractivity contribution < 1.29 is 4.79 Å². The first kappa shape index (κ1) is 13.7. The van der Waals surface area contributed by atoms with Crippen molar-refractivity contribution in [3.05, 3.63) is 47.8 Å². The van der Waals surface area contributed by atoms with E-state index in [4.69, 9.17) is 0 Å². The quantitative estimate of drug-likeness (QED) is 0.873. The average molecular weight is 275 g/mol. The maximum atomic E-state index is 12.1. The highest BCUT2D eigenvalue weighted by Gasteiger charge is 2.15. The van der Waals surface area contributed by atoms with Gasteiger partial charge in [0.25, 0.3) is 5.91 Å². The van der Waals surface area contributed by atoms with E-state index in [9.17, 15) is 4.79 Å². The molecule has 1 heterocycles. The molecule has 0 bridgehead atoms. The first-order valence-electron chi connectivity index (χ1n) is 6.05. The summed E-state index contributed by atoms with van der Waals surface area (Å²) in [5.41, 5.74) is 1.69. The van der Waals surface area contributed by atoms with Crippen molar-refractivity contribution in [2.24, 2.45) is 7.05 Å². The molecule has 4 nitrogen and oxygen atoms in total. The third-order valence-electron chi connectivity index (χ3n) is 3.01. The standard InChI is InChI=1S/C14H17N3OS/c1-10(11-6-4-5-7-13(11)19-3)16-14(18)12-8-9-15-17(12)2/h4-10H,1-3H3,(H,16,18)/t10-/m0/s1. The molecule has 5 heteroatoms. The monoisotopic (exact) mass is 275 g/mol. The lowest BCUT2D eigenvalue weighted by atomic mass is 10.1. The summed E-state index contributed by atoms with van der Waals surface area (Å²) in [5.74, 6) is -0.108. The number of nitrogens with one attached hydrogen (secondary N) is 1. The summed E-state index contributed by atoms with van der Waals surface area (Å²) in [6.07, 6.45) is 3.66. The molecule has 1 atom stereocenters. The van der Waals surface area contributed by atoms with Crippen molar-refractivity contribution in [1.82, 2.24) is 15.1 Å². The van der Waals surface area contributed by atoms with Gasteiger partial charge in [0.05, 0.1) is 6.04 Å². The second-order valence-electron chi connectivity index (χ2n) is 4.28. The van der Waals surface area contributed by atoms with E-state index in [2.05, 4.69) is 16.5 Å². The Morgan fingerprint density at radius 1 is 1.37 bits per heavy atom. The summed E-state index contributed by atoms with van der Waals surface area (Å²) in [6.45, 7) is 1.99. The van der Waals surface area contributed by atoms with E-state index in [0.29, 0.717) is 5.69 Å². The van der Waals surface area contributed by atoms with Crippen LogP contribution in [-0.4, -0.2) is 21.9 Å². The molecule has 1 N–H and O–H groups in total. The molecule has 0 radical (unpaired) electrons. The van der Waals surface area contributed by atoms with E-state index in [1.165, 1.54) is 4.90 Å². The van der Waals surface area contributed by atoms with Crippen LogP contribution < -0.4 is 5.32 Å². The van der Waals surface area contributed by atoms with Crippen LogP contribution in [0.2, 0.25) is 0 Å². The van der Waals surface area contributed by atoms with Gasteiger partial charge in [-0.2, -0.15) is 5.10 Å². The lowest BCUT2D eigenvalue weighted by molar-refractivity contribution is 0.0930. The highest BCUT2D eigenvalue weighted by Crippen LogP contribution is 2.25. The number of carbonyl (C=O) groups excluding carboxylic acids is 1. The van der Waals surface area contributed by atoms with Crippen LogP contribution in [0.3, 0.4) is 0 Å². The van der Waals surface area contributed by atoms with Crippen LogP contribution >= 0.6 is 11.8 Å². The highest BCUT2D eigenvalue weighted by molar-refractivity contribution is 7.98. The Morgan fingerprint density at radius 2 is 2.11 bits per heavy atom. The van der Waals surface area contributed by atoms with E-state index in [1.807, 2.05) is 31.4 Å². The van der Waals surface area contributed by atoms with Crippen molar-refractivity contribution in [2.45, 2.75) is 17.9 Å². The molecule has 0 saturated heterocycles. The molecular formula is C14H17N3OS. The van der Waals surface area contributed by atoms with E-state index >= 15 is 0 Å². The Balaban J connectivity index is 2.15. The number of nitrogens with zero attached hydrogens (tertiary/aromatic N) is 2. The zero-order valence-electron chi connectivity index (χ0n) is 11.3. The molecule has 0 saturated carbocycles. The Morgan fingerprint density at radius 3 is 2.74 bits per heavy atom.